The molecule has 11 heteroatoms. The Bertz CT molecular complexity index is 1200. The molecular formula is C20H20F4N4O2S. The molecule has 0 radical (unpaired) electrons. The van der Waals surface area contributed by atoms with Crippen molar-refractivity contribution in [2.45, 2.75) is 24.9 Å². The molecule has 0 aliphatic rings. The van der Waals surface area contributed by atoms with Crippen molar-refractivity contribution in [3.8, 4) is 16.9 Å². The monoisotopic (exact) mass is 456 g/mol. The largest absolute Gasteiger partial charge is 0.435 e. The summed E-state index contributed by atoms with van der Waals surface area (Å²) in [5.41, 5.74) is -1.15. The van der Waals surface area contributed by atoms with E-state index in [1.807, 2.05) is 13.8 Å². The standard InChI is InChI=1S/C20H20F4N4O2S/c1-3-27(4-2)15-10-9-13(11-14(15)21)17-12-19(20(22,23)24)26-28(17)16-7-5-6-8-18(16)31(25,29)30/h5-12H,3-4H2,1-2H3,(H2,25,29,30). The van der Waals surface area contributed by atoms with Crippen LogP contribution in [0.1, 0.15) is 19.5 Å². The molecule has 0 unspecified atom stereocenters. The fourth-order valence-corrected chi connectivity index (χ4v) is 3.98. The number of hydrogen-bond donors (Lipinski definition) is 1. The van der Waals surface area contributed by atoms with E-state index >= 15 is 0 Å². The molecule has 0 atom stereocenters. The summed E-state index contributed by atoms with van der Waals surface area (Å²) in [5, 5.41) is 8.79. The first-order valence-electron chi connectivity index (χ1n) is 9.31. The number of anilines is 1. The number of sulfonamides is 1. The lowest BCUT2D eigenvalue weighted by Crippen LogP contribution is -2.22. The summed E-state index contributed by atoms with van der Waals surface area (Å²) in [5.74, 6) is -0.623. The lowest BCUT2D eigenvalue weighted by atomic mass is 10.1. The van der Waals surface area contributed by atoms with E-state index in [-0.39, 0.29) is 16.9 Å². The maximum Gasteiger partial charge on any atom is 0.435 e. The van der Waals surface area contributed by atoms with Crippen LogP contribution in [0.15, 0.2) is 53.4 Å². The summed E-state index contributed by atoms with van der Waals surface area (Å²) in [6.45, 7) is 4.80. The molecule has 0 saturated carbocycles. The third-order valence-corrected chi connectivity index (χ3v) is 5.71. The van der Waals surface area contributed by atoms with Crippen molar-refractivity contribution in [1.29, 1.82) is 0 Å². The van der Waals surface area contributed by atoms with Gasteiger partial charge in [0.1, 0.15) is 10.7 Å². The summed E-state index contributed by atoms with van der Waals surface area (Å²) in [7, 11) is -4.26. The maximum absolute atomic E-state index is 14.8. The van der Waals surface area contributed by atoms with Crippen molar-refractivity contribution in [3.63, 3.8) is 0 Å². The summed E-state index contributed by atoms with van der Waals surface area (Å²) in [6, 6.07) is 10.0. The van der Waals surface area contributed by atoms with Gasteiger partial charge in [-0.2, -0.15) is 18.3 Å². The molecule has 166 valence electrons. The molecule has 0 amide bonds. The van der Waals surface area contributed by atoms with E-state index in [0.29, 0.717) is 18.8 Å². The number of primary sulfonamides is 1. The molecule has 3 aromatic rings. The zero-order valence-electron chi connectivity index (χ0n) is 16.7. The average Bonchev–Trinajstić information content (AvgIpc) is 3.15. The second-order valence-electron chi connectivity index (χ2n) is 6.68. The lowest BCUT2D eigenvalue weighted by molar-refractivity contribution is -0.141. The Morgan fingerprint density at radius 3 is 2.26 bits per heavy atom. The number of aromatic nitrogens is 2. The van der Waals surface area contributed by atoms with E-state index in [0.717, 1.165) is 22.9 Å². The Morgan fingerprint density at radius 1 is 1.06 bits per heavy atom. The fraction of sp³-hybridized carbons (Fsp3) is 0.250. The predicted molar refractivity (Wildman–Crippen MR) is 109 cm³/mol. The first-order chi connectivity index (χ1) is 14.5. The maximum atomic E-state index is 14.8. The van der Waals surface area contributed by atoms with Crippen molar-refractivity contribution in [1.82, 2.24) is 9.78 Å². The minimum Gasteiger partial charge on any atom is -0.370 e. The van der Waals surface area contributed by atoms with Gasteiger partial charge >= 0.3 is 6.18 Å². The topological polar surface area (TPSA) is 81.2 Å². The normalized spacial score (nSPS) is 12.2. The molecule has 31 heavy (non-hydrogen) atoms. The highest BCUT2D eigenvalue weighted by Gasteiger charge is 2.36. The zero-order valence-corrected chi connectivity index (χ0v) is 17.5. The van der Waals surface area contributed by atoms with Gasteiger partial charge in [0.25, 0.3) is 0 Å². The van der Waals surface area contributed by atoms with E-state index < -0.39 is 32.6 Å². The fourth-order valence-electron chi connectivity index (χ4n) is 3.27. The van der Waals surface area contributed by atoms with Gasteiger partial charge < -0.3 is 4.90 Å². The molecule has 0 spiro atoms. The molecule has 1 aromatic heterocycles. The molecule has 2 aromatic carbocycles. The smallest absolute Gasteiger partial charge is 0.370 e. The third-order valence-electron chi connectivity index (χ3n) is 4.75. The van der Waals surface area contributed by atoms with Crippen molar-refractivity contribution in [2.24, 2.45) is 5.14 Å². The van der Waals surface area contributed by atoms with Gasteiger partial charge in [-0.15, -0.1) is 0 Å². The second-order valence-corrected chi connectivity index (χ2v) is 8.21. The zero-order chi connectivity index (χ0) is 23.0. The Kier molecular flexibility index (Phi) is 6.10. The van der Waals surface area contributed by atoms with E-state index in [9.17, 15) is 26.0 Å². The Morgan fingerprint density at radius 2 is 1.71 bits per heavy atom. The van der Waals surface area contributed by atoms with Crippen LogP contribution >= 0.6 is 0 Å². The highest BCUT2D eigenvalue weighted by Crippen LogP contribution is 2.35. The van der Waals surface area contributed by atoms with Crippen LogP contribution in [0.4, 0.5) is 23.2 Å². The summed E-state index contributed by atoms with van der Waals surface area (Å²) in [4.78, 5) is 1.35. The van der Waals surface area contributed by atoms with Crippen LogP contribution in [0.5, 0.6) is 0 Å². The van der Waals surface area contributed by atoms with Gasteiger partial charge in [-0.3, -0.25) is 0 Å². The number of halogens is 4. The highest BCUT2D eigenvalue weighted by atomic mass is 32.2. The quantitative estimate of drug-likeness (QED) is 0.564. The van der Waals surface area contributed by atoms with E-state index in [2.05, 4.69) is 5.10 Å². The summed E-state index contributed by atoms with van der Waals surface area (Å²) >= 11 is 0. The van der Waals surface area contributed by atoms with Gasteiger partial charge in [-0.1, -0.05) is 18.2 Å². The Balaban J connectivity index is 2.26. The summed E-state index contributed by atoms with van der Waals surface area (Å²) in [6.07, 6.45) is -4.80. The minimum atomic E-state index is -4.80. The van der Waals surface area contributed by atoms with Crippen LogP contribution in [0.25, 0.3) is 16.9 Å². The molecule has 6 nitrogen and oxygen atoms in total. The van der Waals surface area contributed by atoms with E-state index in [1.54, 1.807) is 4.90 Å². The molecular weight excluding hydrogens is 436 g/mol. The van der Waals surface area contributed by atoms with Crippen LogP contribution in [-0.4, -0.2) is 31.3 Å². The van der Waals surface area contributed by atoms with Crippen LogP contribution in [-0.2, 0) is 16.2 Å². The van der Waals surface area contributed by atoms with Gasteiger partial charge in [0.15, 0.2) is 5.69 Å². The minimum absolute atomic E-state index is 0.0978. The lowest BCUT2D eigenvalue weighted by Gasteiger charge is -2.22. The van der Waals surface area contributed by atoms with Crippen LogP contribution < -0.4 is 10.0 Å². The molecule has 0 saturated heterocycles. The second kappa shape index (κ2) is 8.31. The van der Waals surface area contributed by atoms with Gasteiger partial charge in [0.05, 0.1) is 17.1 Å². The highest BCUT2D eigenvalue weighted by molar-refractivity contribution is 7.89. The number of alkyl halides is 3. The first-order valence-corrected chi connectivity index (χ1v) is 10.9. The van der Waals surface area contributed by atoms with Crippen molar-refractivity contribution in [2.75, 3.05) is 18.0 Å². The van der Waals surface area contributed by atoms with Gasteiger partial charge in [-0.05, 0) is 44.2 Å². The Hall–Kier alpha value is -2.92. The van der Waals surface area contributed by atoms with Crippen LogP contribution in [0, 0.1) is 5.82 Å². The van der Waals surface area contributed by atoms with E-state index in [4.69, 9.17) is 5.14 Å². The number of nitrogens with two attached hydrogens (primary N) is 1. The molecule has 0 bridgehead atoms. The predicted octanol–water partition coefficient (Wildman–Crippen LogP) is 4.19. The molecule has 1 heterocycles. The molecule has 0 aliphatic carbocycles. The number of rotatable bonds is 6. The van der Waals surface area contributed by atoms with E-state index in [1.165, 1.54) is 30.3 Å². The number of hydrogen-bond acceptors (Lipinski definition) is 4. The third kappa shape index (κ3) is 4.57. The van der Waals surface area contributed by atoms with Crippen molar-refractivity contribution < 1.29 is 26.0 Å². The Labute approximate surface area is 177 Å². The number of nitrogens with zero attached hydrogens (tertiary/aromatic N) is 3. The van der Waals surface area contributed by atoms with Gasteiger partial charge in [0, 0.05) is 18.7 Å². The molecule has 0 aliphatic heterocycles. The summed E-state index contributed by atoms with van der Waals surface area (Å²) < 4.78 is 79.7. The number of para-hydroxylation sites is 1. The average molecular weight is 456 g/mol. The van der Waals surface area contributed by atoms with Crippen LogP contribution in [0.2, 0.25) is 0 Å². The molecule has 2 N–H and O–H groups in total. The first kappa shape index (κ1) is 22.8. The molecule has 0 fully saturated rings. The van der Waals surface area contributed by atoms with Crippen molar-refractivity contribution >= 4 is 15.7 Å². The SMILES string of the molecule is CCN(CC)c1ccc(-c2cc(C(F)(F)F)nn2-c2ccccc2S(N)(=O)=O)cc1F. The molecule has 3 rings (SSSR count). The van der Waals surface area contributed by atoms with Gasteiger partial charge in [-0.25, -0.2) is 22.6 Å². The van der Waals surface area contributed by atoms with Crippen molar-refractivity contribution in [3.05, 3.63) is 60.0 Å². The van der Waals surface area contributed by atoms with Gasteiger partial charge in [0.2, 0.25) is 10.0 Å². The van der Waals surface area contributed by atoms with Crippen LogP contribution in [0.3, 0.4) is 0 Å². The number of benzene rings is 2.